The van der Waals surface area contributed by atoms with Gasteiger partial charge >= 0.3 is 166 Å². The number of unbranched alkanes of at least 4 members (excludes halogenated alkanes) is 3. The molecule has 0 aliphatic carbocycles. The summed E-state index contributed by atoms with van der Waals surface area (Å²) in [6.45, 7) is 11.4. The number of piperazine rings is 1. The molecule has 4 nitrogen and oxygen atoms in total. The Labute approximate surface area is 165 Å². The van der Waals surface area contributed by atoms with Crippen LogP contribution in [-0.4, -0.2) is 66.5 Å². The van der Waals surface area contributed by atoms with Crippen LogP contribution in [0.15, 0.2) is 12.4 Å². The van der Waals surface area contributed by atoms with E-state index in [0.29, 0.717) is 0 Å². The summed E-state index contributed by atoms with van der Waals surface area (Å²) in [5, 5.41) is 0. The molecule has 5 heteroatoms. The number of likely N-dealkylation sites (N-methyl/N-ethyl adjacent to an activating group) is 1. The Kier molecular flexibility index (Phi) is 9.68. The summed E-state index contributed by atoms with van der Waals surface area (Å²) in [5.74, 6) is 1.09. The molecule has 0 saturated carbocycles. The molecule has 2 heterocycles. The third-order valence-electron chi connectivity index (χ3n) is 6.04. The molecule has 2 rings (SSSR count). The Morgan fingerprint density at radius 2 is 1.35 bits per heavy atom. The molecule has 26 heavy (non-hydrogen) atoms. The van der Waals surface area contributed by atoms with Crippen molar-refractivity contribution in [2.75, 3.05) is 38.1 Å². The molecular formula is C21H40N4Sn. The Morgan fingerprint density at radius 3 is 1.77 bits per heavy atom. The monoisotopic (exact) mass is 468 g/mol. The van der Waals surface area contributed by atoms with E-state index in [4.69, 9.17) is 9.97 Å². The van der Waals surface area contributed by atoms with Gasteiger partial charge in [-0.3, -0.25) is 0 Å². The van der Waals surface area contributed by atoms with Gasteiger partial charge in [0.1, 0.15) is 0 Å². The average Bonchev–Trinajstić information content (AvgIpc) is 2.68. The summed E-state index contributed by atoms with van der Waals surface area (Å²) >= 11 is -2.41. The van der Waals surface area contributed by atoms with Gasteiger partial charge in [-0.15, -0.1) is 0 Å². The van der Waals surface area contributed by atoms with Gasteiger partial charge in [-0.2, -0.15) is 0 Å². The van der Waals surface area contributed by atoms with Crippen molar-refractivity contribution in [2.24, 2.45) is 0 Å². The van der Waals surface area contributed by atoms with Gasteiger partial charge in [0.05, 0.1) is 0 Å². The predicted molar refractivity (Wildman–Crippen MR) is 116 cm³/mol. The number of hydrogen-bond acceptors (Lipinski definition) is 4. The average molecular weight is 467 g/mol. The van der Waals surface area contributed by atoms with Crippen molar-refractivity contribution in [1.82, 2.24) is 14.9 Å². The minimum absolute atomic E-state index is 1.07. The third-order valence-corrected chi connectivity index (χ3v) is 21.1. The van der Waals surface area contributed by atoms with Crippen LogP contribution in [0.2, 0.25) is 13.3 Å². The molecular weight excluding hydrogens is 427 g/mol. The van der Waals surface area contributed by atoms with Crippen LogP contribution in [0.25, 0.3) is 0 Å². The zero-order chi connectivity index (χ0) is 18.8. The molecule has 1 fully saturated rings. The Balaban J connectivity index is 2.19. The van der Waals surface area contributed by atoms with Gasteiger partial charge in [-0.05, 0) is 0 Å². The number of aromatic nitrogens is 2. The topological polar surface area (TPSA) is 32.3 Å². The molecule has 1 aromatic heterocycles. The van der Waals surface area contributed by atoms with Crippen molar-refractivity contribution >= 4 is 27.9 Å². The first-order valence-corrected chi connectivity index (χ1v) is 18.4. The fourth-order valence-electron chi connectivity index (χ4n) is 4.10. The third kappa shape index (κ3) is 6.08. The molecule has 0 unspecified atom stereocenters. The summed E-state index contributed by atoms with van der Waals surface area (Å²) in [4.78, 5) is 14.8. The number of hydrogen-bond donors (Lipinski definition) is 0. The van der Waals surface area contributed by atoms with E-state index >= 15 is 0 Å². The molecule has 1 aliphatic heterocycles. The summed E-state index contributed by atoms with van der Waals surface area (Å²) in [6, 6.07) is 0. The second-order valence-electron chi connectivity index (χ2n) is 8.14. The molecule has 0 radical (unpaired) electrons. The fourth-order valence-corrected chi connectivity index (χ4v) is 19.2. The van der Waals surface area contributed by atoms with E-state index in [-0.39, 0.29) is 0 Å². The van der Waals surface area contributed by atoms with Gasteiger partial charge in [0, 0.05) is 0 Å². The summed E-state index contributed by atoms with van der Waals surface area (Å²) < 4.78 is 5.85. The quantitative estimate of drug-likeness (QED) is 0.455. The first-order chi connectivity index (χ1) is 12.6. The summed E-state index contributed by atoms with van der Waals surface area (Å²) in [6.07, 6.45) is 12.4. The van der Waals surface area contributed by atoms with Crippen molar-refractivity contribution in [2.45, 2.75) is 72.6 Å². The Bertz CT molecular complexity index is 475. The second-order valence-corrected chi connectivity index (χ2v) is 21.2. The van der Waals surface area contributed by atoms with Crippen LogP contribution in [0.1, 0.15) is 59.3 Å². The van der Waals surface area contributed by atoms with Crippen molar-refractivity contribution in [3.8, 4) is 0 Å². The molecule has 0 atom stereocenters. The van der Waals surface area contributed by atoms with Gasteiger partial charge in [0.15, 0.2) is 0 Å². The van der Waals surface area contributed by atoms with E-state index in [1.807, 2.05) is 0 Å². The first kappa shape index (κ1) is 21.9. The van der Waals surface area contributed by atoms with Gasteiger partial charge in [-0.25, -0.2) is 0 Å². The number of rotatable bonds is 11. The second kappa shape index (κ2) is 11.5. The zero-order valence-electron chi connectivity index (χ0n) is 17.6. The maximum absolute atomic E-state index is 5.08. The SMILES string of the molecule is CCC[CH2][Sn]([CH2]CCC)([CH2]CCC)[c]1cnc(N2CCN(C)CC2)cn1. The molecule has 0 aromatic carbocycles. The maximum atomic E-state index is 5.08. The van der Waals surface area contributed by atoms with Crippen LogP contribution in [0, 0.1) is 0 Å². The van der Waals surface area contributed by atoms with Crippen LogP contribution in [0.3, 0.4) is 0 Å². The molecule has 0 bridgehead atoms. The van der Waals surface area contributed by atoms with Gasteiger partial charge in [-0.1, -0.05) is 0 Å². The van der Waals surface area contributed by atoms with Crippen LogP contribution in [0.5, 0.6) is 0 Å². The first-order valence-electron chi connectivity index (χ1n) is 10.9. The van der Waals surface area contributed by atoms with E-state index in [9.17, 15) is 0 Å². The van der Waals surface area contributed by atoms with Gasteiger partial charge in [0.2, 0.25) is 0 Å². The zero-order valence-corrected chi connectivity index (χ0v) is 20.5. The van der Waals surface area contributed by atoms with E-state index < -0.39 is 18.4 Å². The van der Waals surface area contributed by atoms with Gasteiger partial charge < -0.3 is 0 Å². The normalized spacial score (nSPS) is 16.2. The fraction of sp³-hybridized carbons (Fsp3) is 0.810. The predicted octanol–water partition coefficient (Wildman–Crippen LogP) is 4.28. The molecule has 1 aromatic rings. The van der Waals surface area contributed by atoms with Crippen LogP contribution in [0.4, 0.5) is 5.82 Å². The number of nitrogens with zero attached hydrogens (tertiary/aromatic N) is 4. The molecule has 0 amide bonds. The van der Waals surface area contributed by atoms with Crippen LogP contribution >= 0.6 is 0 Å². The molecule has 1 aliphatic rings. The summed E-state index contributed by atoms with van der Waals surface area (Å²) in [5.41, 5.74) is 0. The molecule has 0 N–H and O–H groups in total. The van der Waals surface area contributed by atoms with E-state index in [0.717, 1.165) is 32.0 Å². The van der Waals surface area contributed by atoms with Gasteiger partial charge in [0.25, 0.3) is 0 Å². The van der Waals surface area contributed by atoms with E-state index in [1.54, 1.807) is 0 Å². The van der Waals surface area contributed by atoms with E-state index in [1.165, 1.54) is 55.5 Å². The summed E-state index contributed by atoms with van der Waals surface area (Å²) in [7, 11) is 2.20. The van der Waals surface area contributed by atoms with Crippen LogP contribution in [-0.2, 0) is 0 Å². The Morgan fingerprint density at radius 1 is 0.808 bits per heavy atom. The standard InChI is InChI=1S/C9H13N4.3C4H9.Sn/c1-12-4-6-13(7-5-12)9-8-10-2-3-11-9;3*1-3-4-2;/h3,8H,4-7H2,1H3;3*1,3-4H2,2H3;. The van der Waals surface area contributed by atoms with Crippen LogP contribution < -0.4 is 8.61 Å². The molecule has 1 saturated heterocycles. The Hall–Kier alpha value is -0.361. The molecule has 0 spiro atoms. The van der Waals surface area contributed by atoms with Crippen molar-refractivity contribution in [3.05, 3.63) is 12.4 Å². The molecule has 148 valence electrons. The minimum atomic E-state index is -2.41. The number of anilines is 1. The van der Waals surface area contributed by atoms with Crippen molar-refractivity contribution in [1.29, 1.82) is 0 Å². The van der Waals surface area contributed by atoms with Crippen molar-refractivity contribution in [3.63, 3.8) is 0 Å². The van der Waals surface area contributed by atoms with E-state index in [2.05, 4.69) is 50.0 Å². The van der Waals surface area contributed by atoms with Crippen molar-refractivity contribution < 1.29 is 0 Å².